The lowest BCUT2D eigenvalue weighted by Gasteiger charge is -2.04. The molecule has 1 aromatic rings. The molecule has 0 aromatic heterocycles. The summed E-state index contributed by atoms with van der Waals surface area (Å²) in [7, 11) is 0. The molecule has 0 unspecified atom stereocenters. The van der Waals surface area contributed by atoms with Crippen LogP contribution in [0.2, 0.25) is 0 Å². The molecule has 0 heterocycles. The van der Waals surface area contributed by atoms with E-state index in [9.17, 15) is 0 Å². The van der Waals surface area contributed by atoms with Gasteiger partial charge in [-0.05, 0) is 48.9 Å². The van der Waals surface area contributed by atoms with Crippen LogP contribution in [0.4, 0.5) is 0 Å². The lowest BCUT2D eigenvalue weighted by molar-refractivity contribution is 0.808. The SMILES string of the molecule is Cc1ccc([C@@H]2C[C@H]2CN)c(Br)c1. The minimum atomic E-state index is 0.708. The standard InChI is InChI=1S/C11H14BrN/c1-7-2-3-9(11(12)4-7)10-5-8(10)6-13/h2-4,8,10H,5-6,13H2,1H3/t8-,10+/m0/s1. The molecule has 1 fully saturated rings. The van der Waals surface area contributed by atoms with Crippen LogP contribution in [0.1, 0.15) is 23.5 Å². The number of hydrogen-bond acceptors (Lipinski definition) is 1. The Kier molecular flexibility index (Phi) is 2.43. The fourth-order valence-electron chi connectivity index (χ4n) is 1.82. The molecule has 0 saturated heterocycles. The first-order valence-corrected chi connectivity index (χ1v) is 5.48. The molecule has 2 heteroatoms. The number of rotatable bonds is 2. The summed E-state index contributed by atoms with van der Waals surface area (Å²) in [5.74, 6) is 1.43. The third-order valence-electron chi connectivity index (χ3n) is 2.78. The second kappa shape index (κ2) is 3.43. The molecule has 0 spiro atoms. The van der Waals surface area contributed by atoms with Crippen molar-refractivity contribution in [3.63, 3.8) is 0 Å². The Hall–Kier alpha value is -0.340. The van der Waals surface area contributed by atoms with Gasteiger partial charge in [0.25, 0.3) is 0 Å². The van der Waals surface area contributed by atoms with Gasteiger partial charge in [-0.2, -0.15) is 0 Å². The maximum atomic E-state index is 5.63. The molecule has 0 bridgehead atoms. The van der Waals surface area contributed by atoms with E-state index in [-0.39, 0.29) is 0 Å². The summed E-state index contributed by atoms with van der Waals surface area (Å²) in [6.45, 7) is 2.94. The molecule has 2 atom stereocenters. The number of benzene rings is 1. The van der Waals surface area contributed by atoms with Crippen LogP contribution in [-0.2, 0) is 0 Å². The minimum absolute atomic E-state index is 0.708. The molecule has 1 aliphatic carbocycles. The van der Waals surface area contributed by atoms with E-state index in [2.05, 4.69) is 41.1 Å². The summed E-state index contributed by atoms with van der Waals surface area (Å²) in [6.07, 6.45) is 1.26. The molecule has 1 saturated carbocycles. The monoisotopic (exact) mass is 239 g/mol. The second-order valence-electron chi connectivity index (χ2n) is 3.86. The van der Waals surface area contributed by atoms with Crippen molar-refractivity contribution < 1.29 is 0 Å². The van der Waals surface area contributed by atoms with Crippen molar-refractivity contribution in [3.8, 4) is 0 Å². The Labute approximate surface area is 87.5 Å². The molecule has 0 radical (unpaired) electrons. The van der Waals surface area contributed by atoms with Crippen LogP contribution in [0.3, 0.4) is 0 Å². The van der Waals surface area contributed by atoms with Crippen LogP contribution >= 0.6 is 15.9 Å². The summed E-state index contributed by atoms with van der Waals surface area (Å²) in [4.78, 5) is 0. The molecule has 1 nitrogen and oxygen atoms in total. The first kappa shape index (κ1) is 9.22. The lowest BCUT2D eigenvalue weighted by Crippen LogP contribution is -2.02. The molecular weight excluding hydrogens is 226 g/mol. The van der Waals surface area contributed by atoms with Crippen molar-refractivity contribution in [2.24, 2.45) is 11.7 Å². The highest BCUT2D eigenvalue weighted by atomic mass is 79.9. The first-order chi connectivity index (χ1) is 6.22. The Morgan fingerprint density at radius 2 is 2.31 bits per heavy atom. The molecule has 1 aliphatic rings. The van der Waals surface area contributed by atoms with Crippen LogP contribution in [0.25, 0.3) is 0 Å². The van der Waals surface area contributed by atoms with E-state index in [1.165, 1.54) is 22.0 Å². The average molecular weight is 240 g/mol. The van der Waals surface area contributed by atoms with Gasteiger partial charge in [0.1, 0.15) is 0 Å². The average Bonchev–Trinajstić information content (AvgIpc) is 2.83. The van der Waals surface area contributed by atoms with E-state index in [4.69, 9.17) is 5.73 Å². The van der Waals surface area contributed by atoms with Crippen LogP contribution in [0.5, 0.6) is 0 Å². The van der Waals surface area contributed by atoms with Gasteiger partial charge in [0, 0.05) is 4.47 Å². The molecule has 0 aliphatic heterocycles. The van der Waals surface area contributed by atoms with Gasteiger partial charge in [-0.15, -0.1) is 0 Å². The Balaban J connectivity index is 2.22. The van der Waals surface area contributed by atoms with Crippen LogP contribution in [-0.4, -0.2) is 6.54 Å². The third kappa shape index (κ3) is 1.79. The third-order valence-corrected chi connectivity index (χ3v) is 3.47. The predicted octanol–water partition coefficient (Wildman–Crippen LogP) is 2.82. The van der Waals surface area contributed by atoms with Crippen molar-refractivity contribution in [3.05, 3.63) is 33.8 Å². The Morgan fingerprint density at radius 1 is 1.54 bits per heavy atom. The Bertz CT molecular complexity index is 322. The molecule has 1 aromatic carbocycles. The zero-order valence-electron chi connectivity index (χ0n) is 7.76. The second-order valence-corrected chi connectivity index (χ2v) is 4.72. The van der Waals surface area contributed by atoms with Gasteiger partial charge in [-0.3, -0.25) is 0 Å². The summed E-state index contributed by atoms with van der Waals surface area (Å²) in [6, 6.07) is 6.58. The normalized spacial score (nSPS) is 26.1. The fourth-order valence-corrected chi connectivity index (χ4v) is 2.61. The highest BCUT2D eigenvalue weighted by Crippen LogP contribution is 2.48. The minimum Gasteiger partial charge on any atom is -0.330 e. The number of halogens is 1. The molecule has 2 N–H and O–H groups in total. The topological polar surface area (TPSA) is 26.0 Å². The summed E-state index contributed by atoms with van der Waals surface area (Å²) < 4.78 is 1.24. The largest absolute Gasteiger partial charge is 0.330 e. The van der Waals surface area contributed by atoms with E-state index in [0.29, 0.717) is 5.92 Å². The quantitative estimate of drug-likeness (QED) is 0.845. The Morgan fingerprint density at radius 3 is 2.85 bits per heavy atom. The van der Waals surface area contributed by atoms with Gasteiger partial charge in [0.2, 0.25) is 0 Å². The summed E-state index contributed by atoms with van der Waals surface area (Å²) in [5, 5.41) is 0. The molecular formula is C11H14BrN. The first-order valence-electron chi connectivity index (χ1n) is 4.68. The van der Waals surface area contributed by atoms with Gasteiger partial charge in [0.15, 0.2) is 0 Å². The van der Waals surface area contributed by atoms with Crippen molar-refractivity contribution in [1.29, 1.82) is 0 Å². The maximum absolute atomic E-state index is 5.63. The van der Waals surface area contributed by atoms with E-state index < -0.39 is 0 Å². The van der Waals surface area contributed by atoms with Crippen molar-refractivity contribution in [2.75, 3.05) is 6.54 Å². The van der Waals surface area contributed by atoms with Gasteiger partial charge in [-0.25, -0.2) is 0 Å². The number of hydrogen-bond donors (Lipinski definition) is 1. The molecule has 0 amide bonds. The predicted molar refractivity (Wildman–Crippen MR) is 58.8 cm³/mol. The van der Waals surface area contributed by atoms with Gasteiger partial charge >= 0.3 is 0 Å². The van der Waals surface area contributed by atoms with Crippen molar-refractivity contribution in [1.82, 2.24) is 0 Å². The lowest BCUT2D eigenvalue weighted by atomic mass is 10.1. The van der Waals surface area contributed by atoms with Crippen LogP contribution < -0.4 is 5.73 Å². The van der Waals surface area contributed by atoms with Crippen LogP contribution in [0, 0.1) is 12.8 Å². The zero-order chi connectivity index (χ0) is 9.42. The maximum Gasteiger partial charge on any atom is 0.0212 e. The van der Waals surface area contributed by atoms with Crippen LogP contribution in [0.15, 0.2) is 22.7 Å². The highest BCUT2D eigenvalue weighted by Gasteiger charge is 2.37. The highest BCUT2D eigenvalue weighted by molar-refractivity contribution is 9.10. The van der Waals surface area contributed by atoms with E-state index >= 15 is 0 Å². The number of nitrogens with two attached hydrogens (primary N) is 1. The molecule has 2 rings (SSSR count). The smallest absolute Gasteiger partial charge is 0.0212 e. The number of aryl methyl sites for hydroxylation is 1. The van der Waals surface area contributed by atoms with Gasteiger partial charge in [0.05, 0.1) is 0 Å². The summed E-state index contributed by atoms with van der Waals surface area (Å²) >= 11 is 3.60. The van der Waals surface area contributed by atoms with E-state index in [1.54, 1.807) is 0 Å². The van der Waals surface area contributed by atoms with E-state index in [0.717, 1.165) is 12.5 Å². The summed E-state index contributed by atoms with van der Waals surface area (Å²) in [5.41, 5.74) is 8.36. The molecule has 70 valence electrons. The zero-order valence-corrected chi connectivity index (χ0v) is 9.34. The fraction of sp³-hybridized carbons (Fsp3) is 0.455. The van der Waals surface area contributed by atoms with Crippen molar-refractivity contribution in [2.45, 2.75) is 19.3 Å². The van der Waals surface area contributed by atoms with Gasteiger partial charge < -0.3 is 5.73 Å². The molecule has 13 heavy (non-hydrogen) atoms. The van der Waals surface area contributed by atoms with Crippen molar-refractivity contribution >= 4 is 15.9 Å². The van der Waals surface area contributed by atoms with E-state index in [1.807, 2.05) is 0 Å². The van der Waals surface area contributed by atoms with Gasteiger partial charge in [-0.1, -0.05) is 28.1 Å².